The highest BCUT2D eigenvalue weighted by molar-refractivity contribution is 5.90. The summed E-state index contributed by atoms with van der Waals surface area (Å²) in [5.41, 5.74) is 2.09. The highest BCUT2D eigenvalue weighted by Crippen LogP contribution is 2.38. The van der Waals surface area contributed by atoms with Gasteiger partial charge in [-0.15, -0.1) is 0 Å². The fraction of sp³-hybridized carbons (Fsp3) is 0.167. The van der Waals surface area contributed by atoms with E-state index in [9.17, 15) is 5.11 Å². The second-order valence-electron chi connectivity index (χ2n) is 6.78. The van der Waals surface area contributed by atoms with Crippen LogP contribution in [-0.2, 0) is 0 Å². The molecule has 0 amide bonds. The topological polar surface area (TPSA) is 38.7 Å². The maximum atomic E-state index is 10.6. The van der Waals surface area contributed by atoms with Crippen molar-refractivity contribution in [3.05, 3.63) is 77.9 Å². The predicted molar refractivity (Wildman–Crippen MR) is 110 cm³/mol. The first-order chi connectivity index (χ1) is 13.1. The van der Waals surface area contributed by atoms with E-state index in [1.165, 1.54) is 0 Å². The van der Waals surface area contributed by atoms with Crippen LogP contribution >= 0.6 is 0 Å². The summed E-state index contributed by atoms with van der Waals surface area (Å²) < 4.78 is 10.6. The van der Waals surface area contributed by atoms with E-state index in [1.54, 1.807) is 20.3 Å². The van der Waals surface area contributed by atoms with Gasteiger partial charge in [0.15, 0.2) is 0 Å². The lowest BCUT2D eigenvalue weighted by Gasteiger charge is -2.18. The summed E-state index contributed by atoms with van der Waals surface area (Å²) in [7, 11) is 3.34. The standard InChI is InChI=1S/C24H22O3/c1-15(16-4-5-18-13-20(26-2)8-6-17(18)12-16)24-22-10-9-21(27-3)14-19(22)7-11-23(24)25/h4-15,25H,1-3H3. The second kappa shape index (κ2) is 6.84. The zero-order chi connectivity index (χ0) is 19.0. The minimum absolute atomic E-state index is 0.0496. The van der Waals surface area contributed by atoms with E-state index >= 15 is 0 Å². The number of ether oxygens (including phenoxy) is 2. The van der Waals surface area contributed by atoms with E-state index in [0.717, 1.165) is 44.2 Å². The molecule has 0 radical (unpaired) electrons. The number of fused-ring (bicyclic) bond motifs is 2. The van der Waals surface area contributed by atoms with Gasteiger partial charge in [-0.25, -0.2) is 0 Å². The zero-order valence-electron chi connectivity index (χ0n) is 15.7. The first-order valence-electron chi connectivity index (χ1n) is 8.98. The van der Waals surface area contributed by atoms with Crippen molar-refractivity contribution >= 4 is 21.5 Å². The van der Waals surface area contributed by atoms with Gasteiger partial charge < -0.3 is 14.6 Å². The number of methoxy groups -OCH3 is 2. The van der Waals surface area contributed by atoms with Crippen molar-refractivity contribution in [3.8, 4) is 17.2 Å². The number of hydrogen-bond acceptors (Lipinski definition) is 3. The van der Waals surface area contributed by atoms with E-state index in [2.05, 4.69) is 31.2 Å². The minimum atomic E-state index is 0.0496. The average molecular weight is 358 g/mol. The number of phenolic OH excluding ortho intramolecular Hbond substituents is 1. The number of hydrogen-bond donors (Lipinski definition) is 1. The average Bonchev–Trinajstić information content (AvgIpc) is 2.72. The molecule has 4 rings (SSSR count). The van der Waals surface area contributed by atoms with Crippen molar-refractivity contribution in [2.45, 2.75) is 12.8 Å². The van der Waals surface area contributed by atoms with E-state index in [4.69, 9.17) is 9.47 Å². The van der Waals surface area contributed by atoms with E-state index < -0.39 is 0 Å². The Morgan fingerprint density at radius 3 is 2.04 bits per heavy atom. The summed E-state index contributed by atoms with van der Waals surface area (Å²) in [5, 5.41) is 15.0. The quantitative estimate of drug-likeness (QED) is 0.496. The normalized spacial score (nSPS) is 12.3. The van der Waals surface area contributed by atoms with Crippen LogP contribution in [0.15, 0.2) is 66.7 Å². The van der Waals surface area contributed by atoms with Gasteiger partial charge in [0, 0.05) is 11.5 Å². The van der Waals surface area contributed by atoms with Gasteiger partial charge in [-0.05, 0) is 57.4 Å². The summed E-state index contributed by atoms with van der Waals surface area (Å²) in [6.07, 6.45) is 0. The first kappa shape index (κ1) is 17.2. The van der Waals surface area contributed by atoms with Crippen LogP contribution < -0.4 is 9.47 Å². The summed E-state index contributed by atoms with van der Waals surface area (Å²) in [5.74, 6) is 2.03. The Hall–Kier alpha value is -3.20. The third kappa shape index (κ3) is 3.06. The van der Waals surface area contributed by atoms with Crippen LogP contribution in [0.4, 0.5) is 0 Å². The largest absolute Gasteiger partial charge is 0.508 e. The van der Waals surface area contributed by atoms with Gasteiger partial charge in [-0.1, -0.05) is 43.3 Å². The summed E-state index contributed by atoms with van der Waals surface area (Å²) in [4.78, 5) is 0. The van der Waals surface area contributed by atoms with E-state index in [-0.39, 0.29) is 5.92 Å². The molecular formula is C24H22O3. The summed E-state index contributed by atoms with van der Waals surface area (Å²) in [6, 6.07) is 22.1. The van der Waals surface area contributed by atoms with Crippen molar-refractivity contribution in [1.82, 2.24) is 0 Å². The maximum Gasteiger partial charge on any atom is 0.120 e. The van der Waals surface area contributed by atoms with Gasteiger partial charge in [0.2, 0.25) is 0 Å². The van der Waals surface area contributed by atoms with Crippen molar-refractivity contribution in [2.75, 3.05) is 14.2 Å². The fourth-order valence-corrected chi connectivity index (χ4v) is 3.71. The first-order valence-corrected chi connectivity index (χ1v) is 8.98. The highest BCUT2D eigenvalue weighted by Gasteiger charge is 2.17. The van der Waals surface area contributed by atoms with Gasteiger partial charge in [0.05, 0.1) is 14.2 Å². The van der Waals surface area contributed by atoms with Gasteiger partial charge in [0.25, 0.3) is 0 Å². The predicted octanol–water partition coefficient (Wildman–Crippen LogP) is 5.87. The van der Waals surface area contributed by atoms with E-state index in [1.807, 2.05) is 36.4 Å². The van der Waals surface area contributed by atoms with Crippen LogP contribution in [-0.4, -0.2) is 19.3 Å². The van der Waals surface area contributed by atoms with Crippen LogP contribution in [0.3, 0.4) is 0 Å². The van der Waals surface area contributed by atoms with Gasteiger partial charge in [0.1, 0.15) is 17.2 Å². The molecule has 0 spiro atoms. The molecule has 0 aliphatic carbocycles. The molecule has 0 bridgehead atoms. The van der Waals surface area contributed by atoms with E-state index in [0.29, 0.717) is 5.75 Å². The van der Waals surface area contributed by atoms with Gasteiger partial charge >= 0.3 is 0 Å². The third-order valence-electron chi connectivity index (χ3n) is 5.25. The lowest BCUT2D eigenvalue weighted by molar-refractivity contribution is 0.415. The molecule has 0 aliphatic rings. The number of phenols is 1. The molecule has 1 unspecified atom stereocenters. The molecule has 136 valence electrons. The molecule has 0 fully saturated rings. The van der Waals surface area contributed by atoms with Crippen LogP contribution in [0.1, 0.15) is 24.0 Å². The van der Waals surface area contributed by atoms with Crippen LogP contribution in [0, 0.1) is 0 Å². The number of rotatable bonds is 4. The van der Waals surface area contributed by atoms with Crippen molar-refractivity contribution < 1.29 is 14.6 Å². The molecule has 3 heteroatoms. The SMILES string of the molecule is COc1ccc2cc(C(C)c3c(O)ccc4cc(OC)ccc34)ccc2c1. The van der Waals surface area contributed by atoms with Crippen LogP contribution in [0.25, 0.3) is 21.5 Å². The van der Waals surface area contributed by atoms with Gasteiger partial charge in [-0.3, -0.25) is 0 Å². The Kier molecular flexibility index (Phi) is 4.36. The van der Waals surface area contributed by atoms with Crippen LogP contribution in [0.5, 0.6) is 17.2 Å². The molecule has 3 nitrogen and oxygen atoms in total. The molecule has 4 aromatic rings. The highest BCUT2D eigenvalue weighted by atomic mass is 16.5. The van der Waals surface area contributed by atoms with Crippen molar-refractivity contribution in [1.29, 1.82) is 0 Å². The molecule has 1 N–H and O–H groups in total. The molecular weight excluding hydrogens is 336 g/mol. The number of aromatic hydroxyl groups is 1. The molecule has 1 atom stereocenters. The summed E-state index contributed by atoms with van der Waals surface area (Å²) >= 11 is 0. The monoisotopic (exact) mass is 358 g/mol. The summed E-state index contributed by atoms with van der Waals surface area (Å²) in [6.45, 7) is 2.13. The Morgan fingerprint density at radius 1 is 0.704 bits per heavy atom. The lowest BCUT2D eigenvalue weighted by atomic mass is 9.87. The fourth-order valence-electron chi connectivity index (χ4n) is 3.71. The van der Waals surface area contributed by atoms with Gasteiger partial charge in [-0.2, -0.15) is 0 Å². The zero-order valence-corrected chi connectivity index (χ0v) is 15.7. The second-order valence-corrected chi connectivity index (χ2v) is 6.78. The maximum absolute atomic E-state index is 10.6. The Labute approximate surface area is 158 Å². The molecule has 4 aromatic carbocycles. The van der Waals surface area contributed by atoms with Crippen molar-refractivity contribution in [2.24, 2.45) is 0 Å². The Morgan fingerprint density at radius 2 is 1.30 bits per heavy atom. The molecule has 0 heterocycles. The number of benzene rings is 4. The molecule has 0 saturated carbocycles. The Bertz CT molecular complexity index is 1130. The van der Waals surface area contributed by atoms with Crippen LogP contribution in [0.2, 0.25) is 0 Å². The lowest BCUT2D eigenvalue weighted by Crippen LogP contribution is -1.98. The molecule has 0 aromatic heterocycles. The minimum Gasteiger partial charge on any atom is -0.508 e. The third-order valence-corrected chi connectivity index (χ3v) is 5.25. The molecule has 27 heavy (non-hydrogen) atoms. The molecule has 0 aliphatic heterocycles. The van der Waals surface area contributed by atoms with Crippen molar-refractivity contribution in [3.63, 3.8) is 0 Å². The Balaban J connectivity index is 1.83. The molecule has 0 saturated heterocycles. The smallest absolute Gasteiger partial charge is 0.120 e.